The first-order chi connectivity index (χ1) is 10.2. The summed E-state index contributed by atoms with van der Waals surface area (Å²) in [5.41, 5.74) is 1.44. The third kappa shape index (κ3) is 2.29. The Balaban J connectivity index is 2.09. The van der Waals surface area contributed by atoms with E-state index in [1.54, 1.807) is 13.0 Å². The molecular formula is C16H16ClNO3. The molecule has 0 bridgehead atoms. The van der Waals surface area contributed by atoms with Crippen LogP contribution in [0.3, 0.4) is 0 Å². The number of benzene rings is 1. The van der Waals surface area contributed by atoms with Gasteiger partial charge in [0.15, 0.2) is 5.75 Å². The summed E-state index contributed by atoms with van der Waals surface area (Å²) in [4.78, 5) is 14.1. The smallest absolute Gasteiger partial charge is 0.339 e. The number of anilines is 1. The number of halogens is 1. The van der Waals surface area contributed by atoms with Gasteiger partial charge in [-0.05, 0) is 38.0 Å². The van der Waals surface area contributed by atoms with Crippen molar-refractivity contribution in [3.63, 3.8) is 0 Å². The average Bonchev–Trinajstić information content (AvgIpc) is 2.85. The van der Waals surface area contributed by atoms with Crippen molar-refractivity contribution in [1.29, 1.82) is 0 Å². The lowest BCUT2D eigenvalue weighted by atomic mass is 9.99. The number of carbonyl (C=O) groups is 1. The molecule has 1 aromatic carbocycles. The van der Waals surface area contributed by atoms with Gasteiger partial charge >= 0.3 is 5.97 Å². The first kappa shape index (κ1) is 14.0. The van der Waals surface area contributed by atoms with Crippen molar-refractivity contribution in [2.75, 3.05) is 11.5 Å². The summed E-state index contributed by atoms with van der Waals surface area (Å²) in [6.07, 6.45) is 3.26. The SMILES string of the molecule is C=C[C@H]1CCC(C(=O)OCC)=C2Oc3ccc(Cl)cc3N21. The van der Waals surface area contributed by atoms with Crippen molar-refractivity contribution in [1.82, 2.24) is 0 Å². The van der Waals surface area contributed by atoms with Crippen LogP contribution in [-0.2, 0) is 9.53 Å². The average molecular weight is 306 g/mol. The maximum atomic E-state index is 12.1. The van der Waals surface area contributed by atoms with E-state index in [1.807, 2.05) is 23.1 Å². The molecule has 1 atom stereocenters. The molecule has 1 aromatic rings. The van der Waals surface area contributed by atoms with Crippen LogP contribution in [0, 0.1) is 0 Å². The lowest BCUT2D eigenvalue weighted by molar-refractivity contribution is -0.139. The first-order valence-electron chi connectivity index (χ1n) is 6.95. The highest BCUT2D eigenvalue weighted by atomic mass is 35.5. The van der Waals surface area contributed by atoms with Crippen molar-refractivity contribution in [3.05, 3.63) is 47.3 Å². The minimum atomic E-state index is -0.320. The van der Waals surface area contributed by atoms with Gasteiger partial charge < -0.3 is 14.4 Å². The van der Waals surface area contributed by atoms with E-state index in [1.165, 1.54) is 0 Å². The molecule has 2 heterocycles. The number of carbonyl (C=O) groups excluding carboxylic acids is 1. The van der Waals surface area contributed by atoms with Crippen LogP contribution in [0.5, 0.6) is 5.75 Å². The van der Waals surface area contributed by atoms with Crippen molar-refractivity contribution < 1.29 is 14.3 Å². The van der Waals surface area contributed by atoms with E-state index in [0.29, 0.717) is 35.3 Å². The van der Waals surface area contributed by atoms with Gasteiger partial charge in [-0.1, -0.05) is 17.7 Å². The van der Waals surface area contributed by atoms with Gasteiger partial charge in [0, 0.05) is 5.02 Å². The zero-order valence-corrected chi connectivity index (χ0v) is 12.5. The number of ether oxygens (including phenoxy) is 2. The summed E-state index contributed by atoms with van der Waals surface area (Å²) in [6.45, 7) is 6.02. The first-order valence-corrected chi connectivity index (χ1v) is 7.33. The van der Waals surface area contributed by atoms with Gasteiger partial charge in [-0.25, -0.2) is 4.79 Å². The number of hydrogen-bond donors (Lipinski definition) is 0. The van der Waals surface area contributed by atoms with Crippen molar-refractivity contribution in [2.45, 2.75) is 25.8 Å². The molecule has 3 rings (SSSR count). The lowest BCUT2D eigenvalue weighted by Crippen LogP contribution is -2.37. The van der Waals surface area contributed by atoms with Gasteiger partial charge in [0.05, 0.1) is 23.9 Å². The Bertz CT molecular complexity index is 638. The predicted molar refractivity (Wildman–Crippen MR) is 81.4 cm³/mol. The second-order valence-corrected chi connectivity index (χ2v) is 5.37. The molecule has 0 saturated heterocycles. The molecule has 21 heavy (non-hydrogen) atoms. The highest BCUT2D eigenvalue weighted by Crippen LogP contribution is 2.46. The van der Waals surface area contributed by atoms with Gasteiger partial charge in [-0.2, -0.15) is 0 Å². The van der Waals surface area contributed by atoms with Crippen LogP contribution in [0.1, 0.15) is 19.8 Å². The van der Waals surface area contributed by atoms with Crippen molar-refractivity contribution in [3.8, 4) is 5.75 Å². The molecule has 0 aliphatic carbocycles. The fraction of sp³-hybridized carbons (Fsp3) is 0.312. The topological polar surface area (TPSA) is 38.8 Å². The Morgan fingerprint density at radius 3 is 3.14 bits per heavy atom. The second-order valence-electron chi connectivity index (χ2n) is 4.93. The van der Waals surface area contributed by atoms with Crippen molar-refractivity contribution in [2.24, 2.45) is 0 Å². The maximum Gasteiger partial charge on any atom is 0.339 e. The predicted octanol–water partition coefficient (Wildman–Crippen LogP) is 3.66. The van der Waals surface area contributed by atoms with Crippen LogP contribution in [0.15, 0.2) is 42.3 Å². The number of hydrogen-bond acceptors (Lipinski definition) is 4. The molecule has 0 fully saturated rings. The minimum Gasteiger partial charge on any atom is -0.462 e. The van der Waals surface area contributed by atoms with E-state index in [2.05, 4.69) is 6.58 Å². The monoisotopic (exact) mass is 305 g/mol. The van der Waals surface area contributed by atoms with E-state index in [4.69, 9.17) is 21.1 Å². The Labute approximate surface area is 128 Å². The summed E-state index contributed by atoms with van der Waals surface area (Å²) >= 11 is 6.08. The molecule has 110 valence electrons. The molecule has 0 radical (unpaired) electrons. The fourth-order valence-corrected chi connectivity index (χ4v) is 2.89. The molecule has 0 amide bonds. The molecule has 0 unspecified atom stereocenters. The maximum absolute atomic E-state index is 12.1. The zero-order valence-electron chi connectivity index (χ0n) is 11.8. The number of rotatable bonds is 3. The second kappa shape index (κ2) is 5.45. The van der Waals surface area contributed by atoms with Crippen LogP contribution >= 0.6 is 11.6 Å². The van der Waals surface area contributed by atoms with Crippen LogP contribution in [0.25, 0.3) is 0 Å². The summed E-state index contributed by atoms with van der Waals surface area (Å²) in [7, 11) is 0. The number of nitrogens with zero attached hydrogens (tertiary/aromatic N) is 1. The summed E-state index contributed by atoms with van der Waals surface area (Å²) in [5.74, 6) is 0.922. The van der Waals surface area contributed by atoms with Crippen molar-refractivity contribution >= 4 is 23.3 Å². The molecule has 4 nitrogen and oxygen atoms in total. The summed E-state index contributed by atoms with van der Waals surface area (Å²) in [6, 6.07) is 5.50. The quantitative estimate of drug-likeness (QED) is 0.631. The van der Waals surface area contributed by atoms with Crippen LogP contribution in [0.4, 0.5) is 5.69 Å². The summed E-state index contributed by atoms with van der Waals surface area (Å²) in [5, 5.41) is 0.629. The molecule has 2 aliphatic rings. The van der Waals surface area contributed by atoms with Crippen LogP contribution in [-0.4, -0.2) is 18.6 Å². The highest BCUT2D eigenvalue weighted by Gasteiger charge is 2.39. The Hall–Kier alpha value is -1.94. The van der Waals surface area contributed by atoms with Gasteiger partial charge in [-0.3, -0.25) is 0 Å². The number of esters is 1. The zero-order chi connectivity index (χ0) is 15.0. The Kier molecular flexibility index (Phi) is 3.64. The molecule has 0 saturated carbocycles. The van der Waals surface area contributed by atoms with Gasteiger partial charge in [0.25, 0.3) is 0 Å². The van der Waals surface area contributed by atoms with E-state index in [-0.39, 0.29) is 12.0 Å². The largest absolute Gasteiger partial charge is 0.462 e. The van der Waals surface area contributed by atoms with E-state index >= 15 is 0 Å². The van der Waals surface area contributed by atoms with E-state index in [9.17, 15) is 4.79 Å². The summed E-state index contributed by atoms with van der Waals surface area (Å²) < 4.78 is 11.0. The third-order valence-corrected chi connectivity index (χ3v) is 3.91. The minimum absolute atomic E-state index is 0.0814. The lowest BCUT2D eigenvalue weighted by Gasteiger charge is -2.32. The standard InChI is InChI=1S/C16H16ClNO3/c1-3-11-6-7-12(16(19)20-4-2)15-18(11)13-9-10(17)5-8-14(13)21-15/h3,5,8-9,11H,1,4,6-7H2,2H3/t11-/m0/s1. The molecule has 5 heteroatoms. The van der Waals surface area contributed by atoms with Gasteiger partial charge in [-0.15, -0.1) is 6.58 Å². The van der Waals surface area contributed by atoms with Gasteiger partial charge in [0.2, 0.25) is 5.88 Å². The van der Waals surface area contributed by atoms with Crippen LogP contribution < -0.4 is 9.64 Å². The van der Waals surface area contributed by atoms with Crippen LogP contribution in [0.2, 0.25) is 5.02 Å². The fourth-order valence-electron chi connectivity index (χ4n) is 2.72. The molecule has 2 aliphatic heterocycles. The molecule has 0 aromatic heterocycles. The Morgan fingerprint density at radius 1 is 1.62 bits per heavy atom. The van der Waals surface area contributed by atoms with Gasteiger partial charge in [0.1, 0.15) is 0 Å². The van der Waals surface area contributed by atoms with E-state index < -0.39 is 0 Å². The molecule has 0 spiro atoms. The third-order valence-electron chi connectivity index (χ3n) is 3.68. The highest BCUT2D eigenvalue weighted by molar-refractivity contribution is 6.31. The normalized spacial score (nSPS) is 19.7. The molecular weight excluding hydrogens is 290 g/mol. The Morgan fingerprint density at radius 2 is 2.43 bits per heavy atom. The molecule has 0 N–H and O–H groups in total. The number of fused-ring (bicyclic) bond motifs is 3. The van der Waals surface area contributed by atoms with E-state index in [0.717, 1.165) is 12.1 Å².